The van der Waals surface area contributed by atoms with E-state index in [4.69, 9.17) is 0 Å². The summed E-state index contributed by atoms with van der Waals surface area (Å²) in [4.78, 5) is 4.25. The minimum Gasteiger partial charge on any atom is -0.263 e. The summed E-state index contributed by atoms with van der Waals surface area (Å²) >= 11 is 3.28. The number of pyridine rings is 1. The second-order valence-corrected chi connectivity index (χ2v) is 6.80. The van der Waals surface area contributed by atoms with Crippen LogP contribution in [0.25, 0.3) is 0 Å². The van der Waals surface area contributed by atoms with Crippen LogP contribution in [-0.4, -0.2) is 13.4 Å². The molecule has 1 heterocycles. The summed E-state index contributed by atoms with van der Waals surface area (Å²) in [5, 5.41) is 0. The molecule has 0 atom stereocenters. The topological polar surface area (TPSA) is 59.1 Å². The fourth-order valence-electron chi connectivity index (χ4n) is 1.65. The van der Waals surface area contributed by atoms with E-state index in [9.17, 15) is 8.42 Å². The first-order chi connectivity index (χ1) is 8.88. The maximum atomic E-state index is 12.3. The van der Waals surface area contributed by atoms with Crippen LogP contribution in [0.15, 0.2) is 45.9 Å². The summed E-state index contributed by atoms with van der Waals surface area (Å²) in [6.45, 7) is 3.62. The highest BCUT2D eigenvalue weighted by Crippen LogP contribution is 2.21. The van der Waals surface area contributed by atoms with E-state index in [1.54, 1.807) is 31.2 Å². The molecule has 0 amide bonds. The van der Waals surface area contributed by atoms with Gasteiger partial charge >= 0.3 is 0 Å². The highest BCUT2D eigenvalue weighted by Gasteiger charge is 2.17. The van der Waals surface area contributed by atoms with E-state index in [2.05, 4.69) is 25.6 Å². The zero-order valence-corrected chi connectivity index (χ0v) is 12.9. The Hall–Kier alpha value is -1.40. The number of halogens is 1. The number of sulfonamides is 1. The molecule has 0 saturated carbocycles. The maximum absolute atomic E-state index is 12.3. The van der Waals surface area contributed by atoms with Gasteiger partial charge in [-0.15, -0.1) is 0 Å². The Morgan fingerprint density at radius 3 is 2.58 bits per heavy atom. The zero-order valence-electron chi connectivity index (χ0n) is 10.5. The van der Waals surface area contributed by atoms with Crippen LogP contribution in [0.1, 0.15) is 11.1 Å². The largest absolute Gasteiger partial charge is 0.263 e. The molecule has 2 aromatic rings. The quantitative estimate of drug-likeness (QED) is 0.932. The number of aromatic nitrogens is 1. The van der Waals surface area contributed by atoms with Gasteiger partial charge in [-0.1, -0.05) is 28.1 Å². The molecule has 100 valence electrons. The minimum absolute atomic E-state index is 0.272. The fourth-order valence-corrected chi connectivity index (χ4v) is 3.31. The highest BCUT2D eigenvalue weighted by molar-refractivity contribution is 9.10. The first-order valence-electron chi connectivity index (χ1n) is 5.60. The lowest BCUT2D eigenvalue weighted by atomic mass is 10.2. The van der Waals surface area contributed by atoms with Crippen molar-refractivity contribution in [2.45, 2.75) is 18.7 Å². The summed E-state index contributed by atoms with van der Waals surface area (Å²) in [7, 11) is -3.62. The highest BCUT2D eigenvalue weighted by atomic mass is 79.9. The summed E-state index contributed by atoms with van der Waals surface area (Å²) < 4.78 is 27.9. The second kappa shape index (κ2) is 5.30. The number of benzene rings is 1. The average Bonchev–Trinajstić information content (AvgIpc) is 2.31. The number of aryl methyl sites for hydroxylation is 2. The standard InChI is InChI=1S/C13H13BrN2O2S/c1-9-3-4-10(2)12(7-9)19(17,18)16-13-8-11(14)5-6-15-13/h3-8H,1-2H3,(H,15,16). The summed E-state index contributed by atoms with van der Waals surface area (Å²) in [5.41, 5.74) is 1.60. The van der Waals surface area contributed by atoms with Gasteiger partial charge in [-0.2, -0.15) is 0 Å². The number of nitrogens with zero attached hydrogens (tertiary/aromatic N) is 1. The van der Waals surface area contributed by atoms with Crippen molar-refractivity contribution in [3.63, 3.8) is 0 Å². The summed E-state index contributed by atoms with van der Waals surface area (Å²) in [5.74, 6) is 0.287. The van der Waals surface area contributed by atoms with Crippen LogP contribution in [0.5, 0.6) is 0 Å². The summed E-state index contributed by atoms with van der Waals surface area (Å²) in [6.07, 6.45) is 1.53. The molecule has 0 aliphatic heterocycles. The molecule has 0 aliphatic rings. The molecule has 1 aromatic carbocycles. The monoisotopic (exact) mass is 340 g/mol. The Bertz CT molecular complexity index is 714. The molecule has 19 heavy (non-hydrogen) atoms. The molecule has 1 aromatic heterocycles. The van der Waals surface area contributed by atoms with Crippen molar-refractivity contribution in [1.29, 1.82) is 0 Å². The molecular weight excluding hydrogens is 328 g/mol. The number of hydrogen-bond donors (Lipinski definition) is 1. The summed E-state index contributed by atoms with van der Waals surface area (Å²) in [6, 6.07) is 8.66. The molecular formula is C13H13BrN2O2S. The number of nitrogens with one attached hydrogen (secondary N) is 1. The Morgan fingerprint density at radius 1 is 1.16 bits per heavy atom. The van der Waals surface area contributed by atoms with Crippen LogP contribution in [0.2, 0.25) is 0 Å². The van der Waals surface area contributed by atoms with Gasteiger partial charge in [0.1, 0.15) is 5.82 Å². The van der Waals surface area contributed by atoms with Gasteiger partial charge in [0, 0.05) is 10.7 Å². The third kappa shape index (κ3) is 3.33. The molecule has 0 radical (unpaired) electrons. The Morgan fingerprint density at radius 2 is 1.89 bits per heavy atom. The van der Waals surface area contributed by atoms with Crippen molar-refractivity contribution in [3.8, 4) is 0 Å². The normalized spacial score (nSPS) is 11.3. The van der Waals surface area contributed by atoms with E-state index in [0.29, 0.717) is 5.56 Å². The van der Waals surface area contributed by atoms with Crippen LogP contribution in [0.3, 0.4) is 0 Å². The van der Waals surface area contributed by atoms with Crippen molar-refractivity contribution in [3.05, 3.63) is 52.1 Å². The van der Waals surface area contributed by atoms with Gasteiger partial charge in [0.2, 0.25) is 0 Å². The Kier molecular flexibility index (Phi) is 3.91. The van der Waals surface area contributed by atoms with Gasteiger partial charge in [0.15, 0.2) is 0 Å². The molecule has 0 saturated heterocycles. The third-order valence-electron chi connectivity index (χ3n) is 2.59. The SMILES string of the molecule is Cc1ccc(C)c(S(=O)(=O)Nc2cc(Br)ccn2)c1. The second-order valence-electron chi connectivity index (χ2n) is 4.23. The van der Waals surface area contributed by atoms with Gasteiger partial charge in [0.25, 0.3) is 10.0 Å². The van der Waals surface area contributed by atoms with Crippen molar-refractivity contribution in [2.24, 2.45) is 0 Å². The zero-order chi connectivity index (χ0) is 14.0. The van der Waals surface area contributed by atoms with E-state index in [-0.39, 0.29) is 10.7 Å². The number of rotatable bonds is 3. The van der Waals surface area contributed by atoms with Crippen molar-refractivity contribution >= 4 is 31.8 Å². The lowest BCUT2D eigenvalue weighted by Gasteiger charge is -2.10. The number of hydrogen-bond acceptors (Lipinski definition) is 3. The van der Waals surface area contributed by atoms with Crippen LogP contribution in [0, 0.1) is 13.8 Å². The van der Waals surface area contributed by atoms with Crippen molar-refractivity contribution < 1.29 is 8.42 Å². The van der Waals surface area contributed by atoms with Crippen LogP contribution >= 0.6 is 15.9 Å². The van der Waals surface area contributed by atoms with Crippen LogP contribution in [0.4, 0.5) is 5.82 Å². The van der Waals surface area contributed by atoms with Gasteiger partial charge < -0.3 is 0 Å². The third-order valence-corrected chi connectivity index (χ3v) is 4.58. The molecule has 0 aliphatic carbocycles. The first-order valence-corrected chi connectivity index (χ1v) is 7.88. The van der Waals surface area contributed by atoms with Crippen molar-refractivity contribution in [1.82, 2.24) is 4.98 Å². The lowest BCUT2D eigenvalue weighted by molar-refractivity contribution is 0.600. The molecule has 2 rings (SSSR count). The molecule has 0 bridgehead atoms. The lowest BCUT2D eigenvalue weighted by Crippen LogP contribution is -2.15. The van der Waals surface area contributed by atoms with E-state index < -0.39 is 10.0 Å². The molecule has 4 nitrogen and oxygen atoms in total. The molecule has 0 fully saturated rings. The van der Waals surface area contributed by atoms with E-state index in [1.807, 2.05) is 13.0 Å². The van der Waals surface area contributed by atoms with E-state index in [1.165, 1.54) is 6.20 Å². The Balaban J connectivity index is 2.40. The minimum atomic E-state index is -3.62. The van der Waals surface area contributed by atoms with Crippen molar-refractivity contribution in [2.75, 3.05) is 4.72 Å². The number of anilines is 1. The predicted octanol–water partition coefficient (Wildman–Crippen LogP) is 3.26. The van der Waals surface area contributed by atoms with Gasteiger partial charge in [0.05, 0.1) is 4.90 Å². The molecule has 6 heteroatoms. The molecule has 0 unspecified atom stereocenters. The van der Waals surface area contributed by atoms with E-state index >= 15 is 0 Å². The fraction of sp³-hybridized carbons (Fsp3) is 0.154. The van der Waals surface area contributed by atoms with Gasteiger partial charge in [-0.05, 0) is 43.2 Å². The smallest absolute Gasteiger partial charge is 0.263 e. The maximum Gasteiger partial charge on any atom is 0.263 e. The molecule has 0 spiro atoms. The predicted molar refractivity (Wildman–Crippen MR) is 78.7 cm³/mol. The first kappa shape index (κ1) is 14.0. The van der Waals surface area contributed by atoms with Gasteiger partial charge in [-0.3, -0.25) is 4.72 Å². The molecule has 1 N–H and O–H groups in total. The van der Waals surface area contributed by atoms with Gasteiger partial charge in [-0.25, -0.2) is 13.4 Å². The van der Waals surface area contributed by atoms with Crippen LogP contribution < -0.4 is 4.72 Å². The Labute approximate surface area is 121 Å². The average molecular weight is 341 g/mol. The van der Waals surface area contributed by atoms with E-state index in [0.717, 1.165) is 10.0 Å². The van der Waals surface area contributed by atoms with Crippen LogP contribution in [-0.2, 0) is 10.0 Å².